The molecule has 8 heteroatoms. The average Bonchev–Trinajstić information content (AvgIpc) is 3.10. The summed E-state index contributed by atoms with van der Waals surface area (Å²) in [5.74, 6) is 8.35. The maximum atomic E-state index is 12.6. The van der Waals surface area contributed by atoms with Gasteiger partial charge < -0.3 is 15.5 Å². The molecule has 158 valence electrons. The largest absolute Gasteiger partial charge is 0.486 e. The molecule has 0 aliphatic carbocycles. The van der Waals surface area contributed by atoms with Crippen molar-refractivity contribution in [1.29, 1.82) is 0 Å². The van der Waals surface area contributed by atoms with Gasteiger partial charge in [-0.3, -0.25) is 4.79 Å². The number of piperidine rings is 1. The number of amides is 1. The van der Waals surface area contributed by atoms with Crippen LogP contribution in [0.1, 0.15) is 63.8 Å². The molecule has 0 spiro atoms. The molecule has 1 fully saturated rings. The minimum absolute atomic E-state index is 0.146. The van der Waals surface area contributed by atoms with Crippen molar-refractivity contribution >= 4 is 17.7 Å². The van der Waals surface area contributed by atoms with Gasteiger partial charge in [0.05, 0.1) is 5.75 Å². The van der Waals surface area contributed by atoms with E-state index in [-0.39, 0.29) is 12.5 Å². The number of thioether (sulfide) groups is 1. The van der Waals surface area contributed by atoms with Gasteiger partial charge in [0.1, 0.15) is 12.4 Å². The molecular formula is C21H31N5O2S. The summed E-state index contributed by atoms with van der Waals surface area (Å²) < 4.78 is 7.19. The van der Waals surface area contributed by atoms with Gasteiger partial charge in [-0.15, -0.1) is 10.2 Å². The lowest BCUT2D eigenvalue weighted by atomic mass is 10.0. The molecular weight excluding hydrogens is 386 g/mol. The highest BCUT2D eigenvalue weighted by atomic mass is 32.2. The van der Waals surface area contributed by atoms with E-state index >= 15 is 0 Å². The Kier molecular flexibility index (Phi) is 7.41. The van der Waals surface area contributed by atoms with Crippen molar-refractivity contribution < 1.29 is 9.53 Å². The van der Waals surface area contributed by atoms with Crippen molar-refractivity contribution in [1.82, 2.24) is 19.8 Å². The first-order valence-corrected chi connectivity index (χ1v) is 11.3. The number of rotatable bonds is 8. The van der Waals surface area contributed by atoms with Gasteiger partial charge in [-0.05, 0) is 49.3 Å². The highest BCUT2D eigenvalue weighted by molar-refractivity contribution is 7.99. The van der Waals surface area contributed by atoms with Gasteiger partial charge in [0.15, 0.2) is 5.82 Å². The van der Waals surface area contributed by atoms with E-state index in [9.17, 15) is 4.79 Å². The molecule has 0 bridgehead atoms. The molecule has 0 saturated carbocycles. The normalized spacial score (nSPS) is 17.0. The summed E-state index contributed by atoms with van der Waals surface area (Å²) in [6.45, 7) is 7.53. The predicted octanol–water partition coefficient (Wildman–Crippen LogP) is 3.58. The molecule has 0 radical (unpaired) electrons. The Morgan fingerprint density at radius 1 is 1.28 bits per heavy atom. The minimum atomic E-state index is 0.146. The zero-order chi connectivity index (χ0) is 20.8. The van der Waals surface area contributed by atoms with Crippen LogP contribution in [0.4, 0.5) is 0 Å². The topological polar surface area (TPSA) is 86.3 Å². The van der Waals surface area contributed by atoms with Gasteiger partial charge in [0, 0.05) is 12.6 Å². The van der Waals surface area contributed by atoms with E-state index in [1.165, 1.54) is 28.4 Å². The third-order valence-electron chi connectivity index (χ3n) is 5.39. The molecule has 2 heterocycles. The molecule has 2 N–H and O–H groups in total. The first-order valence-electron chi connectivity index (χ1n) is 10.3. The Hall–Kier alpha value is -2.22. The first kappa shape index (κ1) is 21.5. The number of benzene rings is 1. The number of nitrogen functional groups attached to an aromatic ring is 1. The summed E-state index contributed by atoms with van der Waals surface area (Å²) in [6.07, 6.45) is 4.39. The Bertz CT molecular complexity index is 806. The molecule has 3 rings (SSSR count). The average molecular weight is 418 g/mol. The molecule has 7 nitrogen and oxygen atoms in total. The number of nitrogens with two attached hydrogens (primary N) is 1. The van der Waals surface area contributed by atoms with Crippen LogP contribution >= 0.6 is 11.8 Å². The Morgan fingerprint density at radius 3 is 2.72 bits per heavy atom. The SMILES string of the molecule is CC[C@H]1CCCCN1C(=O)CSc1nnc(COc2ccc(C(C)C)cc2)n1N. The molecule has 1 aliphatic rings. The lowest BCUT2D eigenvalue weighted by Gasteiger charge is -2.35. The predicted molar refractivity (Wildman–Crippen MR) is 115 cm³/mol. The third-order valence-corrected chi connectivity index (χ3v) is 6.32. The van der Waals surface area contributed by atoms with E-state index < -0.39 is 0 Å². The van der Waals surface area contributed by atoms with E-state index in [4.69, 9.17) is 10.6 Å². The zero-order valence-electron chi connectivity index (χ0n) is 17.5. The van der Waals surface area contributed by atoms with Crippen LogP contribution < -0.4 is 10.6 Å². The molecule has 1 amide bonds. The molecule has 1 atom stereocenters. The number of hydrogen-bond donors (Lipinski definition) is 1. The number of carbonyl (C=O) groups is 1. The smallest absolute Gasteiger partial charge is 0.233 e. The summed E-state index contributed by atoms with van der Waals surface area (Å²) in [5.41, 5.74) is 1.27. The third kappa shape index (κ3) is 5.44. The Morgan fingerprint density at radius 2 is 2.03 bits per heavy atom. The van der Waals surface area contributed by atoms with Gasteiger partial charge in [0.2, 0.25) is 11.1 Å². The number of aromatic nitrogens is 3. The maximum absolute atomic E-state index is 12.6. The summed E-state index contributed by atoms with van der Waals surface area (Å²) in [4.78, 5) is 14.6. The molecule has 1 saturated heterocycles. The zero-order valence-corrected chi connectivity index (χ0v) is 18.3. The fourth-order valence-corrected chi connectivity index (χ4v) is 4.32. The van der Waals surface area contributed by atoms with Crippen molar-refractivity contribution in [3.63, 3.8) is 0 Å². The maximum Gasteiger partial charge on any atom is 0.233 e. The van der Waals surface area contributed by atoms with E-state index in [0.29, 0.717) is 28.7 Å². The summed E-state index contributed by atoms with van der Waals surface area (Å²) in [5, 5.41) is 8.76. The van der Waals surface area contributed by atoms with Gasteiger partial charge in [0.25, 0.3) is 0 Å². The molecule has 29 heavy (non-hydrogen) atoms. The van der Waals surface area contributed by atoms with Crippen LogP contribution in [-0.2, 0) is 11.4 Å². The Labute approximate surface area is 177 Å². The second-order valence-corrected chi connectivity index (χ2v) is 8.66. The van der Waals surface area contributed by atoms with Crippen LogP contribution in [0.2, 0.25) is 0 Å². The number of carbonyl (C=O) groups excluding carboxylic acids is 1. The van der Waals surface area contributed by atoms with Gasteiger partial charge >= 0.3 is 0 Å². The molecule has 1 aromatic carbocycles. The van der Waals surface area contributed by atoms with Crippen molar-refractivity contribution in [2.45, 2.75) is 70.2 Å². The number of ether oxygens (including phenoxy) is 1. The van der Waals surface area contributed by atoms with E-state index in [0.717, 1.165) is 31.6 Å². The quantitative estimate of drug-likeness (QED) is 0.522. The number of hydrogen-bond acceptors (Lipinski definition) is 6. The van der Waals surface area contributed by atoms with E-state index in [2.05, 4.69) is 43.1 Å². The summed E-state index contributed by atoms with van der Waals surface area (Å²) >= 11 is 1.33. The van der Waals surface area contributed by atoms with Crippen LogP contribution in [0.3, 0.4) is 0 Å². The fourth-order valence-electron chi connectivity index (χ4n) is 3.56. The molecule has 2 aromatic rings. The second-order valence-electron chi connectivity index (χ2n) is 7.71. The Balaban J connectivity index is 1.53. The number of likely N-dealkylation sites (tertiary alicyclic amines) is 1. The van der Waals surface area contributed by atoms with Gasteiger partial charge in [-0.25, -0.2) is 4.68 Å². The van der Waals surface area contributed by atoms with Crippen LogP contribution in [0, 0.1) is 0 Å². The summed E-state index contributed by atoms with van der Waals surface area (Å²) in [6, 6.07) is 8.38. The van der Waals surface area contributed by atoms with Crippen molar-refractivity contribution in [2.75, 3.05) is 18.1 Å². The molecule has 0 unspecified atom stereocenters. The van der Waals surface area contributed by atoms with Gasteiger partial charge in [-0.1, -0.05) is 44.7 Å². The van der Waals surface area contributed by atoms with Gasteiger partial charge in [-0.2, -0.15) is 0 Å². The highest BCUT2D eigenvalue weighted by Crippen LogP contribution is 2.23. The highest BCUT2D eigenvalue weighted by Gasteiger charge is 2.25. The summed E-state index contributed by atoms with van der Waals surface area (Å²) in [7, 11) is 0. The molecule has 1 aliphatic heterocycles. The van der Waals surface area contributed by atoms with Crippen molar-refractivity contribution in [3.05, 3.63) is 35.7 Å². The standard InChI is InChI=1S/C21H31N5O2S/c1-4-17-7-5-6-12-25(17)20(27)14-29-21-24-23-19(26(21)22)13-28-18-10-8-16(9-11-18)15(2)3/h8-11,15,17H,4-7,12-14,22H2,1-3H3/t17-/m0/s1. The van der Waals surface area contributed by atoms with E-state index in [1.54, 1.807) is 0 Å². The lowest BCUT2D eigenvalue weighted by Crippen LogP contribution is -2.44. The van der Waals surface area contributed by atoms with Crippen LogP contribution in [0.5, 0.6) is 5.75 Å². The fraction of sp³-hybridized carbons (Fsp3) is 0.571. The van der Waals surface area contributed by atoms with Crippen molar-refractivity contribution in [2.24, 2.45) is 0 Å². The van der Waals surface area contributed by atoms with Crippen molar-refractivity contribution in [3.8, 4) is 5.75 Å². The second kappa shape index (κ2) is 10.0. The van der Waals surface area contributed by atoms with Crippen LogP contribution in [-0.4, -0.2) is 44.0 Å². The molecule has 1 aromatic heterocycles. The van der Waals surface area contributed by atoms with E-state index in [1.807, 2.05) is 17.0 Å². The van der Waals surface area contributed by atoms with Crippen LogP contribution in [0.15, 0.2) is 29.4 Å². The monoisotopic (exact) mass is 417 g/mol. The number of nitrogens with zero attached hydrogens (tertiary/aromatic N) is 4. The lowest BCUT2D eigenvalue weighted by molar-refractivity contribution is -0.132. The minimum Gasteiger partial charge on any atom is -0.486 e. The first-order chi connectivity index (χ1) is 14.0. The van der Waals surface area contributed by atoms with Crippen LogP contribution in [0.25, 0.3) is 0 Å².